The van der Waals surface area contributed by atoms with Gasteiger partial charge in [0.15, 0.2) is 0 Å². The van der Waals surface area contributed by atoms with Crippen molar-refractivity contribution in [1.82, 2.24) is 4.90 Å². The molecule has 0 saturated carbocycles. The average molecular weight is 270 g/mol. The highest BCUT2D eigenvalue weighted by Gasteiger charge is 2.29. The smallest absolute Gasteiger partial charge is 0.0607 e. The van der Waals surface area contributed by atoms with Gasteiger partial charge in [-0.25, -0.2) is 0 Å². The van der Waals surface area contributed by atoms with Crippen molar-refractivity contribution in [3.05, 3.63) is 82.9 Å². The van der Waals surface area contributed by atoms with E-state index < -0.39 is 0 Å². The highest BCUT2D eigenvalue weighted by molar-refractivity contribution is 6.25. The molecule has 0 aromatic heterocycles. The third-order valence-electron chi connectivity index (χ3n) is 3.56. The van der Waals surface area contributed by atoms with E-state index in [1.807, 2.05) is 0 Å². The first kappa shape index (κ1) is 12.5. The molecule has 1 aliphatic heterocycles. The van der Waals surface area contributed by atoms with Crippen LogP contribution >= 0.6 is 11.6 Å². The van der Waals surface area contributed by atoms with Crippen LogP contribution in [-0.2, 0) is 0 Å². The molecule has 2 aromatic carbocycles. The maximum Gasteiger partial charge on any atom is 0.0607 e. The van der Waals surface area contributed by atoms with E-state index in [0.717, 1.165) is 13.1 Å². The standard InChI is InChI=1S/C17H16ClN/c18-11-14-12-19(13-14)17(15-7-3-1-4-8-15)16-9-5-2-6-10-16/h1-11,17H,12-13H2. The molecule has 1 fully saturated rings. The van der Waals surface area contributed by atoms with Crippen LogP contribution in [0.1, 0.15) is 17.2 Å². The number of nitrogens with zero attached hydrogens (tertiary/aromatic N) is 1. The topological polar surface area (TPSA) is 3.24 Å². The Morgan fingerprint density at radius 1 is 0.842 bits per heavy atom. The summed E-state index contributed by atoms with van der Waals surface area (Å²) in [5, 5.41) is 0. The first-order chi connectivity index (χ1) is 9.38. The third kappa shape index (κ3) is 2.58. The molecule has 0 aliphatic carbocycles. The van der Waals surface area contributed by atoms with E-state index in [1.165, 1.54) is 16.7 Å². The van der Waals surface area contributed by atoms with Crippen LogP contribution in [0, 0.1) is 0 Å². The van der Waals surface area contributed by atoms with Crippen molar-refractivity contribution < 1.29 is 0 Å². The minimum absolute atomic E-state index is 0.322. The number of benzene rings is 2. The first-order valence-corrected chi connectivity index (χ1v) is 6.94. The Balaban J connectivity index is 1.93. The minimum Gasteiger partial charge on any atom is -0.284 e. The number of hydrogen-bond acceptors (Lipinski definition) is 1. The van der Waals surface area contributed by atoms with Crippen LogP contribution < -0.4 is 0 Å². The third-order valence-corrected chi connectivity index (χ3v) is 3.87. The van der Waals surface area contributed by atoms with E-state index >= 15 is 0 Å². The highest BCUT2D eigenvalue weighted by atomic mass is 35.5. The fraction of sp³-hybridized carbons (Fsp3) is 0.176. The van der Waals surface area contributed by atoms with Gasteiger partial charge >= 0.3 is 0 Å². The molecule has 0 unspecified atom stereocenters. The predicted octanol–water partition coefficient (Wildman–Crippen LogP) is 4.21. The van der Waals surface area contributed by atoms with Crippen molar-refractivity contribution in [2.45, 2.75) is 6.04 Å². The van der Waals surface area contributed by atoms with Crippen LogP contribution in [0.3, 0.4) is 0 Å². The van der Waals surface area contributed by atoms with Crippen molar-refractivity contribution in [2.24, 2.45) is 0 Å². The van der Waals surface area contributed by atoms with Crippen LogP contribution in [0.15, 0.2) is 71.8 Å². The summed E-state index contributed by atoms with van der Waals surface area (Å²) in [5.41, 5.74) is 5.69. The molecule has 0 bridgehead atoms. The van der Waals surface area contributed by atoms with Crippen molar-refractivity contribution in [3.8, 4) is 0 Å². The first-order valence-electron chi connectivity index (χ1n) is 6.50. The summed E-state index contributed by atoms with van der Waals surface area (Å²) < 4.78 is 0. The Kier molecular flexibility index (Phi) is 3.67. The summed E-state index contributed by atoms with van der Waals surface area (Å²) in [6.07, 6.45) is 0. The largest absolute Gasteiger partial charge is 0.284 e. The zero-order valence-electron chi connectivity index (χ0n) is 10.7. The maximum atomic E-state index is 5.78. The fourth-order valence-electron chi connectivity index (χ4n) is 2.61. The molecular formula is C17H16ClN. The molecule has 1 heterocycles. The maximum absolute atomic E-state index is 5.78. The van der Waals surface area contributed by atoms with E-state index in [1.54, 1.807) is 5.54 Å². The molecule has 0 radical (unpaired) electrons. The molecule has 2 aromatic rings. The average Bonchev–Trinajstić information content (AvgIpc) is 2.44. The Morgan fingerprint density at radius 2 is 1.32 bits per heavy atom. The number of halogens is 1. The molecule has 1 saturated heterocycles. The van der Waals surface area contributed by atoms with Gasteiger partial charge in [-0.2, -0.15) is 0 Å². The van der Waals surface area contributed by atoms with Gasteiger partial charge in [0.2, 0.25) is 0 Å². The number of rotatable bonds is 3. The van der Waals surface area contributed by atoms with E-state index in [2.05, 4.69) is 65.6 Å². The summed E-state index contributed by atoms with van der Waals surface area (Å²) in [6.45, 7) is 1.91. The van der Waals surface area contributed by atoms with Gasteiger partial charge in [0.05, 0.1) is 6.04 Å². The summed E-state index contributed by atoms with van der Waals surface area (Å²) in [6, 6.07) is 21.6. The molecule has 3 rings (SSSR count). The summed E-state index contributed by atoms with van der Waals surface area (Å²) in [4.78, 5) is 2.44. The van der Waals surface area contributed by atoms with E-state index in [0.29, 0.717) is 6.04 Å². The van der Waals surface area contributed by atoms with Gasteiger partial charge in [-0.3, -0.25) is 4.90 Å². The van der Waals surface area contributed by atoms with Crippen molar-refractivity contribution >= 4 is 11.6 Å². The van der Waals surface area contributed by atoms with Gasteiger partial charge in [0, 0.05) is 18.6 Å². The lowest BCUT2D eigenvalue weighted by atomic mass is 9.93. The van der Waals surface area contributed by atoms with Crippen LogP contribution in [0.25, 0.3) is 0 Å². The van der Waals surface area contributed by atoms with Crippen LogP contribution in [0.2, 0.25) is 0 Å². The second-order valence-corrected chi connectivity index (χ2v) is 5.11. The van der Waals surface area contributed by atoms with Gasteiger partial charge in [0.1, 0.15) is 0 Å². The molecule has 0 atom stereocenters. The number of likely N-dealkylation sites (tertiary alicyclic amines) is 1. The Hall–Kier alpha value is -1.57. The Bertz CT molecular complexity index is 515. The van der Waals surface area contributed by atoms with Crippen molar-refractivity contribution in [1.29, 1.82) is 0 Å². The summed E-state index contributed by atoms with van der Waals surface area (Å²) in [7, 11) is 0. The second kappa shape index (κ2) is 5.60. The zero-order valence-corrected chi connectivity index (χ0v) is 11.4. The quantitative estimate of drug-likeness (QED) is 0.807. The molecule has 96 valence electrons. The van der Waals surface area contributed by atoms with Gasteiger partial charge in [0.25, 0.3) is 0 Å². The van der Waals surface area contributed by atoms with Crippen LogP contribution in [0.5, 0.6) is 0 Å². The lowest BCUT2D eigenvalue weighted by molar-refractivity contribution is 0.202. The molecular weight excluding hydrogens is 254 g/mol. The SMILES string of the molecule is ClC=C1CN(C(c2ccccc2)c2ccccc2)C1. The second-order valence-electron chi connectivity index (χ2n) is 4.90. The highest BCUT2D eigenvalue weighted by Crippen LogP contribution is 2.33. The lowest BCUT2D eigenvalue weighted by Gasteiger charge is -2.40. The Labute approximate surface area is 119 Å². The molecule has 2 heteroatoms. The number of hydrogen-bond donors (Lipinski definition) is 0. The molecule has 0 amide bonds. The minimum atomic E-state index is 0.322. The molecule has 19 heavy (non-hydrogen) atoms. The van der Waals surface area contributed by atoms with Gasteiger partial charge in [-0.05, 0) is 16.7 Å². The lowest BCUT2D eigenvalue weighted by Crippen LogP contribution is -2.42. The fourth-order valence-corrected chi connectivity index (χ4v) is 2.75. The van der Waals surface area contributed by atoms with Crippen LogP contribution in [-0.4, -0.2) is 18.0 Å². The normalized spacial score (nSPS) is 15.4. The monoisotopic (exact) mass is 269 g/mol. The van der Waals surface area contributed by atoms with E-state index in [4.69, 9.17) is 11.6 Å². The molecule has 1 aliphatic rings. The van der Waals surface area contributed by atoms with E-state index in [-0.39, 0.29) is 0 Å². The van der Waals surface area contributed by atoms with Gasteiger partial charge in [-0.1, -0.05) is 72.3 Å². The van der Waals surface area contributed by atoms with Crippen LogP contribution in [0.4, 0.5) is 0 Å². The summed E-state index contributed by atoms with van der Waals surface area (Å²) in [5.74, 6) is 0. The summed E-state index contributed by atoms with van der Waals surface area (Å²) >= 11 is 5.78. The molecule has 1 nitrogen and oxygen atoms in total. The van der Waals surface area contributed by atoms with Crippen molar-refractivity contribution in [3.63, 3.8) is 0 Å². The Morgan fingerprint density at radius 3 is 1.74 bits per heavy atom. The van der Waals surface area contributed by atoms with Crippen molar-refractivity contribution in [2.75, 3.05) is 13.1 Å². The zero-order chi connectivity index (χ0) is 13.1. The predicted molar refractivity (Wildman–Crippen MR) is 80.2 cm³/mol. The van der Waals surface area contributed by atoms with Gasteiger partial charge < -0.3 is 0 Å². The van der Waals surface area contributed by atoms with Gasteiger partial charge in [-0.15, -0.1) is 0 Å². The van der Waals surface area contributed by atoms with E-state index in [9.17, 15) is 0 Å². The molecule has 0 spiro atoms. The molecule has 0 N–H and O–H groups in total.